The number of imidazole rings is 1. The number of aromatic amines is 1. The Morgan fingerprint density at radius 1 is 1.55 bits per heavy atom. The normalized spacial score (nSPS) is 13.2. The van der Waals surface area contributed by atoms with E-state index in [1.165, 1.54) is 0 Å². The Morgan fingerprint density at radius 3 is 2.80 bits per heavy atom. The van der Waals surface area contributed by atoms with Gasteiger partial charge in [-0.2, -0.15) is 0 Å². The van der Waals surface area contributed by atoms with E-state index in [4.69, 9.17) is 0 Å². The monoisotopic (exact) mass is 338 g/mol. The van der Waals surface area contributed by atoms with Crippen LogP contribution < -0.4 is 5.32 Å². The van der Waals surface area contributed by atoms with Crippen molar-refractivity contribution in [3.05, 3.63) is 41.2 Å². The molecule has 0 aliphatic carbocycles. The predicted octanol–water partition coefficient (Wildman–Crippen LogP) is 2.82. The van der Waals surface area contributed by atoms with E-state index in [2.05, 4.69) is 52.0 Å². The Bertz CT molecular complexity index is 568. The molecule has 0 aromatic carbocycles. The van der Waals surface area contributed by atoms with E-state index in [1.54, 1.807) is 24.8 Å². The SMILES string of the molecule is CC(C)(C)C(Cn1ccnc1)NC(=O)c1cc(Br)c[nH]1. The van der Waals surface area contributed by atoms with Crippen molar-refractivity contribution in [2.24, 2.45) is 5.41 Å². The fourth-order valence-corrected chi connectivity index (χ4v) is 2.22. The molecule has 0 saturated heterocycles. The maximum Gasteiger partial charge on any atom is 0.268 e. The number of aromatic nitrogens is 3. The van der Waals surface area contributed by atoms with E-state index in [0.29, 0.717) is 12.2 Å². The van der Waals surface area contributed by atoms with Gasteiger partial charge in [0, 0.05) is 29.6 Å². The third-order valence-electron chi connectivity index (χ3n) is 3.20. The van der Waals surface area contributed by atoms with Crippen LogP contribution >= 0.6 is 15.9 Å². The number of halogens is 1. The Balaban J connectivity index is 2.10. The van der Waals surface area contributed by atoms with Crippen molar-refractivity contribution in [1.29, 1.82) is 0 Å². The van der Waals surface area contributed by atoms with Gasteiger partial charge in [0.2, 0.25) is 0 Å². The highest BCUT2D eigenvalue weighted by atomic mass is 79.9. The molecule has 0 bridgehead atoms. The first-order chi connectivity index (χ1) is 9.36. The maximum atomic E-state index is 12.3. The number of carbonyl (C=O) groups is 1. The second-order valence-electron chi connectivity index (χ2n) is 5.88. The molecule has 0 aliphatic heterocycles. The molecule has 1 atom stereocenters. The third-order valence-corrected chi connectivity index (χ3v) is 3.65. The molecule has 2 aromatic rings. The highest BCUT2D eigenvalue weighted by Crippen LogP contribution is 2.21. The summed E-state index contributed by atoms with van der Waals surface area (Å²) in [5.74, 6) is -0.101. The molecule has 6 heteroatoms. The highest BCUT2D eigenvalue weighted by Gasteiger charge is 2.27. The molecule has 0 aliphatic rings. The predicted molar refractivity (Wildman–Crippen MR) is 81.4 cm³/mol. The summed E-state index contributed by atoms with van der Waals surface area (Å²) in [4.78, 5) is 19.2. The van der Waals surface area contributed by atoms with Gasteiger partial charge in [-0.25, -0.2) is 4.98 Å². The lowest BCUT2D eigenvalue weighted by atomic mass is 9.86. The first kappa shape index (κ1) is 14.8. The van der Waals surface area contributed by atoms with Crippen LogP contribution in [0.4, 0.5) is 0 Å². The lowest BCUT2D eigenvalue weighted by Gasteiger charge is -2.31. The summed E-state index contributed by atoms with van der Waals surface area (Å²) >= 11 is 3.33. The lowest BCUT2D eigenvalue weighted by molar-refractivity contribution is 0.0888. The van der Waals surface area contributed by atoms with Crippen LogP contribution in [0.1, 0.15) is 31.3 Å². The number of hydrogen-bond donors (Lipinski definition) is 2. The number of hydrogen-bond acceptors (Lipinski definition) is 2. The number of nitrogens with one attached hydrogen (secondary N) is 2. The van der Waals surface area contributed by atoms with E-state index in [0.717, 1.165) is 4.47 Å². The zero-order chi connectivity index (χ0) is 14.8. The summed E-state index contributed by atoms with van der Waals surface area (Å²) in [6.45, 7) is 7.02. The first-order valence-corrected chi connectivity index (χ1v) is 7.26. The van der Waals surface area contributed by atoms with E-state index >= 15 is 0 Å². The van der Waals surface area contributed by atoms with E-state index in [9.17, 15) is 4.79 Å². The minimum Gasteiger partial charge on any atom is -0.356 e. The van der Waals surface area contributed by atoms with Gasteiger partial charge in [-0.1, -0.05) is 20.8 Å². The number of rotatable bonds is 4. The van der Waals surface area contributed by atoms with Crippen LogP contribution in [-0.4, -0.2) is 26.5 Å². The van der Waals surface area contributed by atoms with Gasteiger partial charge >= 0.3 is 0 Å². The van der Waals surface area contributed by atoms with Crippen molar-refractivity contribution in [3.8, 4) is 0 Å². The molecule has 0 saturated carbocycles. The van der Waals surface area contributed by atoms with Crippen LogP contribution in [0, 0.1) is 5.41 Å². The number of carbonyl (C=O) groups excluding carboxylic acids is 1. The van der Waals surface area contributed by atoms with E-state index < -0.39 is 0 Å². The molecule has 0 radical (unpaired) electrons. The fraction of sp³-hybridized carbons (Fsp3) is 0.429. The molecule has 2 N–H and O–H groups in total. The highest BCUT2D eigenvalue weighted by molar-refractivity contribution is 9.10. The molecular formula is C14H19BrN4O. The van der Waals surface area contributed by atoms with Crippen molar-refractivity contribution < 1.29 is 4.79 Å². The van der Waals surface area contributed by atoms with Gasteiger partial charge in [0.15, 0.2) is 0 Å². The van der Waals surface area contributed by atoms with Crippen LogP contribution in [-0.2, 0) is 6.54 Å². The van der Waals surface area contributed by atoms with Crippen molar-refractivity contribution in [3.63, 3.8) is 0 Å². The van der Waals surface area contributed by atoms with Gasteiger partial charge in [0.1, 0.15) is 5.69 Å². The number of nitrogens with zero attached hydrogens (tertiary/aromatic N) is 2. The van der Waals surface area contributed by atoms with Gasteiger partial charge in [0.05, 0.1) is 12.4 Å². The summed E-state index contributed by atoms with van der Waals surface area (Å²) in [6.07, 6.45) is 7.15. The summed E-state index contributed by atoms with van der Waals surface area (Å²) in [5.41, 5.74) is 0.501. The van der Waals surface area contributed by atoms with Gasteiger partial charge in [0.25, 0.3) is 5.91 Å². The fourth-order valence-electron chi connectivity index (χ4n) is 1.88. The van der Waals surface area contributed by atoms with Crippen molar-refractivity contribution in [1.82, 2.24) is 19.9 Å². The first-order valence-electron chi connectivity index (χ1n) is 6.47. The van der Waals surface area contributed by atoms with Crippen LogP contribution in [0.3, 0.4) is 0 Å². The smallest absolute Gasteiger partial charge is 0.268 e. The molecule has 5 nitrogen and oxygen atoms in total. The Hall–Kier alpha value is -1.56. The van der Waals surface area contributed by atoms with E-state index in [1.807, 2.05) is 10.8 Å². The summed E-state index contributed by atoms with van der Waals surface area (Å²) in [6, 6.07) is 1.78. The van der Waals surface area contributed by atoms with Crippen LogP contribution in [0.2, 0.25) is 0 Å². The lowest BCUT2D eigenvalue weighted by Crippen LogP contribution is -2.46. The average molecular weight is 339 g/mol. The molecule has 1 amide bonds. The minimum absolute atomic E-state index is 0.00581. The molecule has 2 heterocycles. The number of amides is 1. The van der Waals surface area contributed by atoms with Gasteiger partial charge in [-0.15, -0.1) is 0 Å². The summed E-state index contributed by atoms with van der Waals surface area (Å²) in [7, 11) is 0. The Labute approximate surface area is 126 Å². The topological polar surface area (TPSA) is 62.7 Å². The molecule has 20 heavy (non-hydrogen) atoms. The Kier molecular flexibility index (Phi) is 4.32. The van der Waals surface area contributed by atoms with Gasteiger partial charge in [-0.3, -0.25) is 4.79 Å². The van der Waals surface area contributed by atoms with Crippen molar-refractivity contribution in [2.45, 2.75) is 33.4 Å². The van der Waals surface area contributed by atoms with E-state index in [-0.39, 0.29) is 17.4 Å². The second-order valence-corrected chi connectivity index (χ2v) is 6.80. The zero-order valence-corrected chi connectivity index (χ0v) is 13.4. The largest absolute Gasteiger partial charge is 0.356 e. The quantitative estimate of drug-likeness (QED) is 0.900. The molecular weight excluding hydrogens is 320 g/mol. The molecule has 2 aromatic heterocycles. The standard InChI is InChI=1S/C14H19BrN4O/c1-14(2,3)12(8-19-5-4-16-9-19)18-13(20)11-6-10(15)7-17-11/h4-7,9,12,17H,8H2,1-3H3,(H,18,20). The molecule has 108 valence electrons. The molecule has 2 rings (SSSR count). The van der Waals surface area contributed by atoms with Gasteiger partial charge in [-0.05, 0) is 27.4 Å². The third kappa shape index (κ3) is 3.72. The Morgan fingerprint density at radius 2 is 2.30 bits per heavy atom. The summed E-state index contributed by atoms with van der Waals surface area (Å²) in [5, 5.41) is 3.09. The number of H-pyrrole nitrogens is 1. The van der Waals surface area contributed by atoms with Crippen molar-refractivity contribution in [2.75, 3.05) is 0 Å². The average Bonchev–Trinajstić information content (AvgIpc) is 2.98. The van der Waals surface area contributed by atoms with Crippen LogP contribution in [0.25, 0.3) is 0 Å². The zero-order valence-electron chi connectivity index (χ0n) is 11.9. The second kappa shape index (κ2) is 5.83. The molecule has 0 fully saturated rings. The summed E-state index contributed by atoms with van der Waals surface area (Å²) < 4.78 is 2.84. The molecule has 0 spiro atoms. The van der Waals surface area contributed by atoms with Gasteiger partial charge < -0.3 is 14.9 Å². The minimum atomic E-state index is -0.101. The van der Waals surface area contributed by atoms with Crippen LogP contribution in [0.5, 0.6) is 0 Å². The maximum absolute atomic E-state index is 12.3. The van der Waals surface area contributed by atoms with Crippen molar-refractivity contribution >= 4 is 21.8 Å². The van der Waals surface area contributed by atoms with Crippen LogP contribution in [0.15, 0.2) is 35.5 Å². The molecule has 1 unspecified atom stereocenters.